The summed E-state index contributed by atoms with van der Waals surface area (Å²) in [6, 6.07) is 5.83. The Morgan fingerprint density at radius 3 is 2.48 bits per heavy atom. The van der Waals surface area contributed by atoms with Crippen molar-refractivity contribution in [2.45, 2.75) is 26.3 Å². The Balaban J connectivity index is 2.55. The molecule has 1 aromatic carbocycles. The Morgan fingerprint density at radius 1 is 1.28 bits per heavy atom. The van der Waals surface area contributed by atoms with Gasteiger partial charge < -0.3 is 16.0 Å². The topological polar surface area (TPSA) is 117 Å². The largest absolute Gasteiger partial charge is 0.694 e. The molecule has 3 amide bonds. The number of halogens is 1. The maximum Gasteiger partial charge on any atom is 0.694 e. The van der Waals surface area contributed by atoms with Gasteiger partial charge in [0.2, 0.25) is 5.91 Å². The summed E-state index contributed by atoms with van der Waals surface area (Å²) in [5.41, 5.74) is 0.601. The molecule has 4 N–H and O–H groups in total. The Kier molecular flexibility index (Phi) is 9.59. The van der Waals surface area contributed by atoms with Gasteiger partial charge in [0, 0.05) is 21.3 Å². The molecule has 0 aliphatic carbocycles. The first-order valence-corrected chi connectivity index (χ1v) is 9.60. The van der Waals surface area contributed by atoms with Crippen molar-refractivity contribution in [1.29, 1.82) is 0 Å². The van der Waals surface area contributed by atoms with Crippen LogP contribution < -0.4 is 16.0 Å². The normalized spacial score (nSPS) is 12.4. The predicted molar refractivity (Wildman–Crippen MR) is 98.3 cm³/mol. The zero-order chi connectivity index (χ0) is 18.8. The van der Waals surface area contributed by atoms with Crippen LogP contribution in [0, 0.1) is 5.92 Å². The Hall–Kier alpha value is -1.54. The van der Waals surface area contributed by atoms with Gasteiger partial charge in [0.1, 0.15) is 12.6 Å². The fourth-order valence-electron chi connectivity index (χ4n) is 1.98. The highest BCUT2D eigenvalue weighted by molar-refractivity contribution is 9.10. The first-order chi connectivity index (χ1) is 11.8. The van der Waals surface area contributed by atoms with Crippen LogP contribution in [0.2, 0.25) is 0 Å². The first kappa shape index (κ1) is 21.5. The molecule has 1 aromatic rings. The Morgan fingerprint density at radius 2 is 1.92 bits per heavy atom. The predicted octanol–water partition coefficient (Wildman–Crippen LogP) is 2.77. The molecule has 10 heteroatoms. The van der Waals surface area contributed by atoms with Crippen molar-refractivity contribution in [2.24, 2.45) is 5.92 Å². The van der Waals surface area contributed by atoms with Gasteiger partial charge >= 0.3 is 14.3 Å². The zero-order valence-corrected chi connectivity index (χ0v) is 16.5. The minimum Gasteiger partial charge on any atom is -0.352 e. The van der Waals surface area contributed by atoms with Crippen LogP contribution in [-0.2, 0) is 13.9 Å². The van der Waals surface area contributed by atoms with Gasteiger partial charge in [-0.2, -0.15) is 0 Å². The van der Waals surface area contributed by atoms with Gasteiger partial charge in [0.25, 0.3) is 0 Å². The number of amides is 3. The first-order valence-electron chi connectivity index (χ1n) is 7.67. The van der Waals surface area contributed by atoms with Crippen molar-refractivity contribution in [3.05, 3.63) is 28.7 Å². The van der Waals surface area contributed by atoms with Crippen LogP contribution in [0.15, 0.2) is 28.7 Å². The van der Waals surface area contributed by atoms with Gasteiger partial charge in [0.15, 0.2) is 0 Å². The molecule has 0 saturated carbocycles. The van der Waals surface area contributed by atoms with Crippen LogP contribution in [0.4, 0.5) is 10.5 Å². The van der Waals surface area contributed by atoms with Crippen LogP contribution in [0.25, 0.3) is 0 Å². The van der Waals surface area contributed by atoms with E-state index in [1.54, 1.807) is 24.3 Å². The molecule has 0 radical (unpaired) electrons. The molecule has 1 rings (SSSR count). The van der Waals surface area contributed by atoms with Crippen LogP contribution in [0.5, 0.6) is 0 Å². The van der Waals surface area contributed by atoms with Crippen LogP contribution in [0.3, 0.4) is 0 Å². The average molecular weight is 435 g/mol. The summed E-state index contributed by atoms with van der Waals surface area (Å²) in [6.07, 6.45) is 0.453. The third-order valence-corrected chi connectivity index (χ3v) is 3.97. The van der Waals surface area contributed by atoms with Gasteiger partial charge in [0.05, 0.1) is 0 Å². The van der Waals surface area contributed by atoms with Gasteiger partial charge in [-0.15, -0.1) is 9.42 Å². The summed E-state index contributed by atoms with van der Waals surface area (Å²) in [5.74, 6) is -0.191. The molecule has 0 aromatic heterocycles. The van der Waals surface area contributed by atoms with E-state index in [-0.39, 0.29) is 25.0 Å². The van der Waals surface area contributed by atoms with Crippen molar-refractivity contribution in [3.8, 4) is 0 Å². The van der Waals surface area contributed by atoms with E-state index in [0.29, 0.717) is 12.1 Å². The van der Waals surface area contributed by atoms with E-state index in [2.05, 4.69) is 36.4 Å². The van der Waals surface area contributed by atoms with Crippen molar-refractivity contribution in [3.63, 3.8) is 0 Å². The molecule has 1 unspecified atom stereocenters. The second-order valence-corrected chi connectivity index (χ2v) is 7.30. The van der Waals surface area contributed by atoms with Crippen molar-refractivity contribution in [1.82, 2.24) is 10.6 Å². The number of hydrogen-bond acceptors (Lipinski definition) is 4. The highest BCUT2D eigenvalue weighted by Gasteiger charge is 2.22. The van der Waals surface area contributed by atoms with Gasteiger partial charge in [-0.1, -0.05) is 29.8 Å². The highest BCUT2D eigenvalue weighted by atomic mass is 79.9. The Labute approximate surface area is 155 Å². The molecule has 0 aliphatic heterocycles. The fourth-order valence-corrected chi connectivity index (χ4v) is 2.49. The molecule has 0 heterocycles. The van der Waals surface area contributed by atoms with Crippen molar-refractivity contribution in [2.75, 3.05) is 18.5 Å². The standard InChI is InChI=1S/C15H21BrN3O5P/c1-10(2)9-13(14(20)17-7-8-24-25(22)23)19-15(21)18-12-5-3-11(16)4-6-12/h3-6,10,13H,7-9H2,1-2H3,(H3-,17,18,19,20,21,22,23)/p+1/t13-/m0/s1. The number of anilines is 1. The Bertz CT molecular complexity index is 597. The summed E-state index contributed by atoms with van der Waals surface area (Å²) in [6.45, 7) is 3.87. The summed E-state index contributed by atoms with van der Waals surface area (Å²) < 4.78 is 15.8. The van der Waals surface area contributed by atoms with Crippen LogP contribution >= 0.6 is 24.2 Å². The van der Waals surface area contributed by atoms with Crippen molar-refractivity contribution >= 4 is 41.8 Å². The molecule has 0 bridgehead atoms. The zero-order valence-electron chi connectivity index (χ0n) is 14.0. The molecule has 2 atom stereocenters. The maximum absolute atomic E-state index is 12.2. The van der Waals surface area contributed by atoms with E-state index in [4.69, 9.17) is 4.89 Å². The second kappa shape index (κ2) is 11.1. The molecule has 138 valence electrons. The lowest BCUT2D eigenvalue weighted by Gasteiger charge is -2.20. The van der Waals surface area contributed by atoms with E-state index in [1.165, 1.54) is 0 Å². The van der Waals surface area contributed by atoms with Crippen molar-refractivity contribution < 1.29 is 23.6 Å². The van der Waals surface area contributed by atoms with E-state index in [1.807, 2.05) is 13.8 Å². The summed E-state index contributed by atoms with van der Waals surface area (Å²) in [4.78, 5) is 32.8. The minimum absolute atomic E-state index is 0.0745. The monoisotopic (exact) mass is 434 g/mol. The summed E-state index contributed by atoms with van der Waals surface area (Å²) in [7, 11) is -2.69. The number of rotatable bonds is 9. The maximum atomic E-state index is 12.2. The number of carbonyl (C=O) groups is 2. The van der Waals surface area contributed by atoms with Crippen LogP contribution in [0.1, 0.15) is 20.3 Å². The number of hydrogen-bond donors (Lipinski definition) is 4. The molecular weight excluding hydrogens is 413 g/mol. The third-order valence-electron chi connectivity index (χ3n) is 3.03. The lowest BCUT2D eigenvalue weighted by atomic mass is 10.0. The van der Waals surface area contributed by atoms with E-state index in [9.17, 15) is 14.2 Å². The lowest BCUT2D eigenvalue weighted by molar-refractivity contribution is -0.123. The molecule has 0 fully saturated rings. The van der Waals surface area contributed by atoms with E-state index < -0.39 is 20.3 Å². The number of carbonyl (C=O) groups excluding carboxylic acids is 2. The summed E-state index contributed by atoms with van der Waals surface area (Å²) in [5, 5.41) is 7.87. The minimum atomic E-state index is -2.69. The molecule has 0 aliphatic rings. The number of urea groups is 1. The fraction of sp³-hybridized carbons (Fsp3) is 0.467. The van der Waals surface area contributed by atoms with Gasteiger partial charge in [-0.25, -0.2) is 4.79 Å². The lowest BCUT2D eigenvalue weighted by Crippen LogP contribution is -2.49. The molecule has 0 saturated heterocycles. The molecular formula is C15H22BrN3O5P+. The van der Waals surface area contributed by atoms with Crippen LogP contribution in [-0.4, -0.2) is 36.0 Å². The average Bonchev–Trinajstić information content (AvgIpc) is 2.52. The van der Waals surface area contributed by atoms with E-state index in [0.717, 1.165) is 4.47 Å². The molecule has 25 heavy (non-hydrogen) atoms. The summed E-state index contributed by atoms with van der Waals surface area (Å²) >= 11 is 3.31. The van der Waals surface area contributed by atoms with Gasteiger partial charge in [-0.05, 0) is 36.6 Å². The third kappa shape index (κ3) is 9.50. The quantitative estimate of drug-likeness (QED) is 0.352. The van der Waals surface area contributed by atoms with Gasteiger partial charge in [-0.3, -0.25) is 4.79 Å². The molecule has 0 spiro atoms. The second-order valence-electron chi connectivity index (χ2n) is 5.65. The smallest absolute Gasteiger partial charge is 0.352 e. The highest BCUT2D eigenvalue weighted by Crippen LogP contribution is 2.14. The number of benzene rings is 1. The number of nitrogens with one attached hydrogen (secondary N) is 3. The van der Waals surface area contributed by atoms with E-state index >= 15 is 0 Å². The molecule has 8 nitrogen and oxygen atoms in total. The SMILES string of the molecule is CC(C)C[C@H](NC(=O)Nc1ccc(Br)cc1)C(=O)NCCO[P+](=O)O.